The summed E-state index contributed by atoms with van der Waals surface area (Å²) in [4.78, 5) is 31.0. The lowest BCUT2D eigenvalue weighted by atomic mass is 9.81. The third-order valence-corrected chi connectivity index (χ3v) is 7.44. The molecule has 2 aromatic rings. The average molecular weight is 549 g/mol. The molecule has 0 aliphatic carbocycles. The van der Waals surface area contributed by atoms with E-state index in [2.05, 4.69) is 61.9 Å². The lowest BCUT2D eigenvalue weighted by Gasteiger charge is -2.51. The van der Waals surface area contributed by atoms with Crippen molar-refractivity contribution in [3.63, 3.8) is 0 Å². The molecule has 1 unspecified atom stereocenters. The van der Waals surface area contributed by atoms with Gasteiger partial charge in [0.15, 0.2) is 0 Å². The Balaban J connectivity index is 0.00000241. The number of rotatable bonds is 6. The first-order chi connectivity index (χ1) is 16.8. The van der Waals surface area contributed by atoms with Crippen molar-refractivity contribution in [2.24, 2.45) is 5.92 Å². The molecule has 3 heterocycles. The predicted molar refractivity (Wildman–Crippen MR) is 151 cm³/mol. The number of piperidine rings is 1. The average Bonchev–Trinajstić information content (AvgIpc) is 3.12. The fraction of sp³-hybridized carbons (Fsp3) is 0.536. The van der Waals surface area contributed by atoms with E-state index in [-0.39, 0.29) is 36.6 Å². The van der Waals surface area contributed by atoms with Crippen molar-refractivity contribution in [3.05, 3.63) is 47.3 Å². The summed E-state index contributed by atoms with van der Waals surface area (Å²) in [6, 6.07) is 9.71. The van der Waals surface area contributed by atoms with Crippen LogP contribution in [0.4, 0.5) is 0 Å². The number of hydrogen-bond acceptors (Lipinski definition) is 4. The minimum Gasteiger partial charge on any atom is -0.342 e. The highest BCUT2D eigenvalue weighted by molar-refractivity contribution is 6.00. The van der Waals surface area contributed by atoms with Crippen LogP contribution in [0.5, 0.6) is 0 Å². The number of likely N-dealkylation sites (tertiary alicyclic amines) is 1. The third-order valence-electron chi connectivity index (χ3n) is 7.44. The number of nitrogens with zero attached hydrogens (tertiary/aromatic N) is 4. The van der Waals surface area contributed by atoms with E-state index in [1.54, 1.807) is 11.8 Å². The number of halogens is 2. The quantitative estimate of drug-likeness (QED) is 0.553. The molecule has 0 radical (unpaired) electrons. The molecule has 9 heteroatoms. The van der Waals surface area contributed by atoms with Gasteiger partial charge >= 0.3 is 0 Å². The molecule has 2 saturated heterocycles. The highest BCUT2D eigenvalue weighted by atomic mass is 35.5. The predicted octanol–water partition coefficient (Wildman–Crippen LogP) is 4.06. The van der Waals surface area contributed by atoms with E-state index in [1.807, 2.05) is 22.9 Å². The largest absolute Gasteiger partial charge is 0.342 e. The Hall–Kier alpha value is -2.53. The fourth-order valence-corrected chi connectivity index (χ4v) is 5.42. The van der Waals surface area contributed by atoms with Gasteiger partial charge in [0, 0.05) is 30.9 Å². The number of carbonyl (C=O) groups is 2. The topological polar surface area (TPSA) is 70.5 Å². The van der Waals surface area contributed by atoms with Crippen molar-refractivity contribution in [1.82, 2.24) is 24.9 Å². The molecule has 7 nitrogen and oxygen atoms in total. The molecule has 37 heavy (non-hydrogen) atoms. The molecular weight excluding hydrogens is 509 g/mol. The molecular formula is C28H39Cl2N5O2. The molecule has 1 N–H and O–H groups in total. The Labute approximate surface area is 233 Å². The van der Waals surface area contributed by atoms with Gasteiger partial charge < -0.3 is 10.2 Å². The van der Waals surface area contributed by atoms with E-state index in [1.165, 1.54) is 5.56 Å². The second kappa shape index (κ2) is 12.8. The lowest BCUT2D eigenvalue weighted by molar-refractivity contribution is -0.160. The van der Waals surface area contributed by atoms with Crippen LogP contribution in [0, 0.1) is 31.6 Å². The van der Waals surface area contributed by atoms with Gasteiger partial charge in [0.1, 0.15) is 11.6 Å². The van der Waals surface area contributed by atoms with Crippen LogP contribution >= 0.6 is 24.8 Å². The van der Waals surface area contributed by atoms with Crippen molar-refractivity contribution in [3.8, 4) is 17.5 Å². The fourth-order valence-electron chi connectivity index (χ4n) is 5.42. The van der Waals surface area contributed by atoms with Crippen LogP contribution in [0.15, 0.2) is 30.3 Å². The van der Waals surface area contributed by atoms with Crippen LogP contribution < -0.4 is 5.32 Å². The molecule has 2 aliphatic rings. The number of para-hydroxylation sites is 1. The van der Waals surface area contributed by atoms with Gasteiger partial charge in [-0.1, -0.05) is 38.0 Å². The van der Waals surface area contributed by atoms with Crippen LogP contribution in [0.2, 0.25) is 0 Å². The molecule has 2 fully saturated rings. The zero-order chi connectivity index (χ0) is 25.2. The highest BCUT2D eigenvalue weighted by Gasteiger charge is 2.53. The summed E-state index contributed by atoms with van der Waals surface area (Å²) in [5.74, 6) is 6.25. The zero-order valence-corrected chi connectivity index (χ0v) is 24.0. The van der Waals surface area contributed by atoms with Gasteiger partial charge in [-0.3, -0.25) is 14.5 Å². The summed E-state index contributed by atoms with van der Waals surface area (Å²) in [5.41, 5.74) is 3.62. The van der Waals surface area contributed by atoms with Crippen LogP contribution in [0.3, 0.4) is 0 Å². The number of aryl methyl sites for hydroxylation is 1. The first kappa shape index (κ1) is 30.7. The van der Waals surface area contributed by atoms with Crippen molar-refractivity contribution >= 4 is 36.6 Å². The Morgan fingerprint density at radius 3 is 2.35 bits per heavy atom. The Morgan fingerprint density at radius 2 is 1.76 bits per heavy atom. The monoisotopic (exact) mass is 547 g/mol. The van der Waals surface area contributed by atoms with Gasteiger partial charge in [0.25, 0.3) is 0 Å². The first-order valence-corrected chi connectivity index (χ1v) is 12.6. The molecule has 4 rings (SSSR count). The van der Waals surface area contributed by atoms with Gasteiger partial charge in [-0.15, -0.1) is 30.7 Å². The first-order valence-electron chi connectivity index (χ1n) is 12.6. The van der Waals surface area contributed by atoms with Gasteiger partial charge in [0.2, 0.25) is 11.8 Å². The van der Waals surface area contributed by atoms with Gasteiger partial charge in [-0.25, -0.2) is 4.68 Å². The van der Waals surface area contributed by atoms with Crippen molar-refractivity contribution in [1.29, 1.82) is 0 Å². The van der Waals surface area contributed by atoms with E-state index < -0.39 is 11.6 Å². The van der Waals surface area contributed by atoms with E-state index in [9.17, 15) is 9.59 Å². The second-order valence-electron chi connectivity index (χ2n) is 10.2. The molecule has 1 aromatic carbocycles. The van der Waals surface area contributed by atoms with E-state index >= 15 is 0 Å². The van der Waals surface area contributed by atoms with Crippen molar-refractivity contribution < 1.29 is 9.59 Å². The zero-order valence-electron chi connectivity index (χ0n) is 22.4. The number of aromatic nitrogens is 2. The summed E-state index contributed by atoms with van der Waals surface area (Å²) in [5, 5.41) is 7.85. The molecule has 1 aromatic heterocycles. The van der Waals surface area contributed by atoms with Crippen molar-refractivity contribution in [2.45, 2.75) is 72.0 Å². The number of nitrogens with one attached hydrogen (secondary N) is 1. The minimum atomic E-state index is -0.816. The summed E-state index contributed by atoms with van der Waals surface area (Å²) in [6.07, 6.45) is 1.86. The standard InChI is InChI=1S/C28H37N5O2.2ClH/c1-6-7-15-32-26(34)25(18-20(2)3)29-27(35)28(32)13-16-31(17-14-28)19-24-21(4)30-33(22(24)5)23-11-9-8-10-12-23;;/h8-12,20,25H,13-19H2,1-5H3,(H,29,35);2*1H. The van der Waals surface area contributed by atoms with Crippen LogP contribution in [0.1, 0.15) is 57.0 Å². The van der Waals surface area contributed by atoms with Crippen LogP contribution in [-0.2, 0) is 16.1 Å². The molecule has 1 spiro atoms. The van der Waals surface area contributed by atoms with Gasteiger partial charge in [0.05, 0.1) is 17.9 Å². The Bertz CT molecular complexity index is 1140. The summed E-state index contributed by atoms with van der Waals surface area (Å²) in [6.45, 7) is 12.6. The maximum absolute atomic E-state index is 13.4. The SMILES string of the molecule is CC#CCN1C(=O)C(CC(C)C)NC(=O)C12CCN(Cc1c(C)nn(-c3ccccc3)c1C)CC2.Cl.Cl. The Morgan fingerprint density at radius 1 is 1.11 bits per heavy atom. The van der Waals surface area contributed by atoms with E-state index in [0.717, 1.165) is 36.7 Å². The van der Waals surface area contributed by atoms with E-state index in [4.69, 9.17) is 5.10 Å². The normalized spacial score (nSPS) is 19.1. The van der Waals surface area contributed by atoms with Crippen LogP contribution in [0.25, 0.3) is 5.69 Å². The smallest absolute Gasteiger partial charge is 0.246 e. The molecule has 0 bridgehead atoms. The molecule has 0 saturated carbocycles. The summed E-state index contributed by atoms with van der Waals surface area (Å²) >= 11 is 0. The third kappa shape index (κ3) is 6.14. The minimum absolute atomic E-state index is 0. The van der Waals surface area contributed by atoms with Gasteiger partial charge in [-0.05, 0) is 58.1 Å². The number of hydrogen-bond donors (Lipinski definition) is 1. The molecule has 1 atom stereocenters. The number of piperazine rings is 1. The van der Waals surface area contributed by atoms with E-state index in [0.29, 0.717) is 31.7 Å². The van der Waals surface area contributed by atoms with Gasteiger partial charge in [-0.2, -0.15) is 5.10 Å². The summed E-state index contributed by atoms with van der Waals surface area (Å²) < 4.78 is 2.00. The molecule has 2 aliphatic heterocycles. The lowest BCUT2D eigenvalue weighted by Crippen LogP contribution is -2.72. The number of benzene rings is 1. The number of amides is 2. The molecule has 2 amide bonds. The maximum Gasteiger partial charge on any atom is 0.246 e. The second-order valence-corrected chi connectivity index (χ2v) is 10.2. The molecule has 202 valence electrons. The summed E-state index contributed by atoms with van der Waals surface area (Å²) in [7, 11) is 0. The van der Waals surface area contributed by atoms with Crippen LogP contribution in [-0.4, -0.2) is 62.6 Å². The Kier molecular flexibility index (Phi) is 10.6. The highest BCUT2D eigenvalue weighted by Crippen LogP contribution is 2.34. The maximum atomic E-state index is 13.4. The number of carbonyl (C=O) groups excluding carboxylic acids is 2. The van der Waals surface area contributed by atoms with Crippen molar-refractivity contribution in [2.75, 3.05) is 19.6 Å².